The standard InChI is InChI=1S/C42H39N3O6S/c1-27-18-21-29(22-19-27)52(48,49)44-40-23-20-28(41(46)43-24-36-34-14-6-8-16-38(34)51-39-17-9-7-15-35(36)39)25-45(40)42(47)50-26-37-32-12-4-2-10-30(32)31-11-3-5-13-33(31)37/h2-19,21-22,28,36-37,40,44H,20,23-26H2,1H3,(H,43,46)/t28-,40?/m0/s1. The first-order valence-corrected chi connectivity index (χ1v) is 19.1. The predicted molar refractivity (Wildman–Crippen MR) is 198 cm³/mol. The Balaban J connectivity index is 1.01. The molecule has 2 atom stereocenters. The van der Waals surface area contributed by atoms with E-state index in [1.165, 1.54) is 4.90 Å². The van der Waals surface area contributed by atoms with Crippen molar-refractivity contribution in [2.75, 3.05) is 19.7 Å². The molecule has 0 bridgehead atoms. The zero-order chi connectivity index (χ0) is 35.8. The summed E-state index contributed by atoms with van der Waals surface area (Å²) in [5.74, 6) is 0.421. The molecule has 9 nitrogen and oxygen atoms in total. The summed E-state index contributed by atoms with van der Waals surface area (Å²) in [7, 11) is -3.98. The van der Waals surface area contributed by atoms with E-state index in [2.05, 4.69) is 22.2 Å². The van der Waals surface area contributed by atoms with Gasteiger partial charge >= 0.3 is 6.09 Å². The number of rotatable bonds is 8. The summed E-state index contributed by atoms with van der Waals surface area (Å²) < 4.78 is 42.0. The first-order chi connectivity index (χ1) is 25.3. The topological polar surface area (TPSA) is 114 Å². The Kier molecular flexibility index (Phi) is 9.02. The van der Waals surface area contributed by atoms with E-state index in [-0.39, 0.29) is 42.2 Å². The molecule has 0 spiro atoms. The van der Waals surface area contributed by atoms with Crippen molar-refractivity contribution < 1.29 is 27.5 Å². The summed E-state index contributed by atoms with van der Waals surface area (Å²) in [5, 5.41) is 3.14. The predicted octanol–water partition coefficient (Wildman–Crippen LogP) is 7.31. The van der Waals surface area contributed by atoms with Gasteiger partial charge in [-0.05, 0) is 66.3 Å². The van der Waals surface area contributed by atoms with Gasteiger partial charge in [0, 0.05) is 36.1 Å². The van der Waals surface area contributed by atoms with Crippen molar-refractivity contribution in [3.05, 3.63) is 149 Å². The van der Waals surface area contributed by atoms with E-state index in [0.29, 0.717) is 13.0 Å². The van der Waals surface area contributed by atoms with E-state index in [1.54, 1.807) is 24.3 Å². The number of fused-ring (bicyclic) bond motifs is 5. The molecule has 2 aliphatic heterocycles. The number of nitrogens with one attached hydrogen (secondary N) is 2. The Morgan fingerprint density at radius 3 is 1.90 bits per heavy atom. The minimum absolute atomic E-state index is 0.00938. The van der Waals surface area contributed by atoms with Crippen LogP contribution in [0, 0.1) is 12.8 Å². The van der Waals surface area contributed by atoms with Gasteiger partial charge in [-0.25, -0.2) is 13.2 Å². The lowest BCUT2D eigenvalue weighted by molar-refractivity contribution is -0.127. The van der Waals surface area contributed by atoms with Gasteiger partial charge in [0.1, 0.15) is 18.1 Å². The second kappa shape index (κ2) is 13.9. The van der Waals surface area contributed by atoms with Crippen molar-refractivity contribution in [3.8, 4) is 22.6 Å². The molecule has 10 heteroatoms. The molecule has 2 N–H and O–H groups in total. The lowest BCUT2D eigenvalue weighted by atomic mass is 9.87. The fraction of sp³-hybridized carbons (Fsp3) is 0.238. The molecule has 264 valence electrons. The lowest BCUT2D eigenvalue weighted by Crippen LogP contribution is -2.57. The summed E-state index contributed by atoms with van der Waals surface area (Å²) in [6.45, 7) is 2.28. The van der Waals surface area contributed by atoms with Crippen LogP contribution in [0.3, 0.4) is 0 Å². The molecule has 1 saturated heterocycles. The van der Waals surface area contributed by atoms with Gasteiger partial charge in [-0.15, -0.1) is 0 Å². The van der Waals surface area contributed by atoms with Crippen LogP contribution in [0.5, 0.6) is 11.5 Å². The van der Waals surface area contributed by atoms with Crippen LogP contribution in [0.1, 0.15) is 52.5 Å². The number of nitrogens with zero attached hydrogens (tertiary/aromatic N) is 1. The smallest absolute Gasteiger partial charge is 0.411 e. The first-order valence-electron chi connectivity index (χ1n) is 17.6. The number of hydrogen-bond donors (Lipinski definition) is 2. The summed E-state index contributed by atoms with van der Waals surface area (Å²) in [6, 6.07) is 38.3. The normalized spacial score (nSPS) is 18.0. The van der Waals surface area contributed by atoms with E-state index in [4.69, 9.17) is 9.47 Å². The molecular formula is C42H39N3O6S. The van der Waals surface area contributed by atoms with Crippen molar-refractivity contribution in [3.63, 3.8) is 0 Å². The van der Waals surface area contributed by atoms with Crippen molar-refractivity contribution in [1.82, 2.24) is 14.9 Å². The van der Waals surface area contributed by atoms with Crippen LogP contribution in [0.2, 0.25) is 0 Å². The third kappa shape index (κ3) is 6.44. The van der Waals surface area contributed by atoms with E-state index < -0.39 is 28.2 Å². The quantitative estimate of drug-likeness (QED) is 0.174. The Morgan fingerprint density at radius 1 is 0.731 bits per heavy atom. The zero-order valence-electron chi connectivity index (χ0n) is 28.7. The van der Waals surface area contributed by atoms with Crippen LogP contribution in [-0.4, -0.2) is 51.2 Å². The van der Waals surface area contributed by atoms with Crippen molar-refractivity contribution in [1.29, 1.82) is 0 Å². The fourth-order valence-corrected chi connectivity index (χ4v) is 8.96. The average molecular weight is 714 g/mol. The highest BCUT2D eigenvalue weighted by Gasteiger charge is 2.39. The molecule has 2 amide bonds. The van der Waals surface area contributed by atoms with Gasteiger partial charge in [-0.3, -0.25) is 9.69 Å². The SMILES string of the molecule is Cc1ccc(S(=O)(=O)NC2CC[C@H](C(=O)NCC3c4ccccc4Oc4ccccc43)CN2C(=O)OCC2c3ccccc3-c3ccccc32)cc1. The number of benzene rings is 5. The fourth-order valence-electron chi connectivity index (χ4n) is 7.73. The van der Waals surface area contributed by atoms with Crippen LogP contribution in [0.15, 0.2) is 126 Å². The molecule has 5 aromatic rings. The largest absolute Gasteiger partial charge is 0.457 e. The monoisotopic (exact) mass is 713 g/mol. The highest BCUT2D eigenvalue weighted by Crippen LogP contribution is 2.45. The van der Waals surface area contributed by atoms with Crippen molar-refractivity contribution in [2.24, 2.45) is 5.92 Å². The van der Waals surface area contributed by atoms with E-state index >= 15 is 0 Å². The number of aryl methyl sites for hydroxylation is 1. The number of ether oxygens (including phenoxy) is 2. The molecule has 52 heavy (non-hydrogen) atoms. The molecule has 8 rings (SSSR count). The van der Waals surface area contributed by atoms with Gasteiger partial charge in [-0.1, -0.05) is 103 Å². The zero-order valence-corrected chi connectivity index (χ0v) is 29.5. The maximum atomic E-state index is 14.0. The molecule has 1 aliphatic carbocycles. The molecule has 1 unspecified atom stereocenters. The third-order valence-electron chi connectivity index (χ3n) is 10.4. The van der Waals surface area contributed by atoms with Gasteiger partial charge in [0.2, 0.25) is 15.9 Å². The molecule has 3 aliphatic rings. The summed E-state index contributed by atoms with van der Waals surface area (Å²) >= 11 is 0. The second-order valence-corrected chi connectivity index (χ2v) is 15.4. The summed E-state index contributed by atoms with van der Waals surface area (Å²) in [5.41, 5.74) is 7.24. The molecule has 0 aromatic heterocycles. The van der Waals surface area contributed by atoms with Crippen LogP contribution in [0.4, 0.5) is 4.79 Å². The molecule has 0 saturated carbocycles. The van der Waals surface area contributed by atoms with Gasteiger partial charge in [0.15, 0.2) is 0 Å². The Morgan fingerprint density at radius 2 is 1.29 bits per heavy atom. The van der Waals surface area contributed by atoms with Gasteiger partial charge < -0.3 is 14.8 Å². The van der Waals surface area contributed by atoms with Crippen molar-refractivity contribution in [2.45, 2.75) is 42.7 Å². The Labute approximate surface area is 303 Å². The molecular weight excluding hydrogens is 675 g/mol. The Hall–Kier alpha value is -5.45. The highest BCUT2D eigenvalue weighted by molar-refractivity contribution is 7.89. The molecule has 5 aromatic carbocycles. The van der Waals surface area contributed by atoms with E-state index in [1.807, 2.05) is 91.9 Å². The maximum absolute atomic E-state index is 14.0. The van der Waals surface area contributed by atoms with Crippen LogP contribution in [-0.2, 0) is 19.6 Å². The number of hydrogen-bond acceptors (Lipinski definition) is 6. The number of likely N-dealkylation sites (tertiary alicyclic amines) is 1. The van der Waals surface area contributed by atoms with Crippen LogP contribution in [0.25, 0.3) is 11.1 Å². The number of amides is 2. The van der Waals surface area contributed by atoms with Crippen LogP contribution < -0.4 is 14.8 Å². The minimum atomic E-state index is -3.98. The second-order valence-electron chi connectivity index (χ2n) is 13.7. The van der Waals surface area contributed by atoms with Gasteiger partial charge in [0.05, 0.1) is 17.0 Å². The molecule has 2 heterocycles. The number of carbonyl (C=O) groups excluding carboxylic acids is 2. The third-order valence-corrected chi connectivity index (χ3v) is 11.9. The lowest BCUT2D eigenvalue weighted by Gasteiger charge is -2.38. The summed E-state index contributed by atoms with van der Waals surface area (Å²) in [6.07, 6.45) is -0.972. The number of sulfonamides is 1. The van der Waals surface area contributed by atoms with Gasteiger partial charge in [-0.2, -0.15) is 4.72 Å². The summed E-state index contributed by atoms with van der Waals surface area (Å²) in [4.78, 5) is 29.4. The number of para-hydroxylation sites is 2. The maximum Gasteiger partial charge on any atom is 0.411 e. The van der Waals surface area contributed by atoms with E-state index in [9.17, 15) is 18.0 Å². The van der Waals surface area contributed by atoms with Crippen molar-refractivity contribution >= 4 is 22.0 Å². The first kappa shape index (κ1) is 33.7. The number of carbonyl (C=O) groups is 2. The molecule has 1 fully saturated rings. The minimum Gasteiger partial charge on any atom is -0.457 e. The van der Waals surface area contributed by atoms with E-state index in [0.717, 1.165) is 50.4 Å². The van der Waals surface area contributed by atoms with Gasteiger partial charge in [0.25, 0.3) is 0 Å². The average Bonchev–Trinajstić information content (AvgIpc) is 3.49. The van der Waals surface area contributed by atoms with Crippen LogP contribution >= 0.6 is 0 Å². The Bertz CT molecular complexity index is 2170. The molecule has 0 radical (unpaired) electrons. The number of piperidine rings is 1. The highest BCUT2D eigenvalue weighted by atomic mass is 32.2.